The zero-order valence-corrected chi connectivity index (χ0v) is 18.7. The Bertz CT molecular complexity index is 704. The van der Waals surface area contributed by atoms with Gasteiger partial charge in [0, 0.05) is 10.5 Å². The third-order valence-corrected chi connectivity index (χ3v) is 6.72. The summed E-state index contributed by atoms with van der Waals surface area (Å²) in [4.78, 5) is 24.6. The van der Waals surface area contributed by atoms with Crippen molar-refractivity contribution >= 4 is 23.8 Å². The van der Waals surface area contributed by atoms with Crippen LogP contribution >= 0.6 is 11.8 Å². The molecular formula is C23H33NO4S. The van der Waals surface area contributed by atoms with Crippen LogP contribution in [-0.4, -0.2) is 35.2 Å². The van der Waals surface area contributed by atoms with Gasteiger partial charge in [-0.15, -0.1) is 0 Å². The first-order valence-electron chi connectivity index (χ1n) is 10.3. The van der Waals surface area contributed by atoms with E-state index in [1.54, 1.807) is 18.7 Å². The number of hydrogen-bond donors (Lipinski definition) is 1. The summed E-state index contributed by atoms with van der Waals surface area (Å²) in [5.41, 5.74) is 2.40. The maximum absolute atomic E-state index is 12.4. The van der Waals surface area contributed by atoms with Gasteiger partial charge in [-0.1, -0.05) is 62.8 Å². The lowest BCUT2D eigenvalue weighted by Gasteiger charge is -2.34. The average Bonchev–Trinajstić information content (AvgIpc) is 2.71. The molecule has 1 unspecified atom stereocenters. The third kappa shape index (κ3) is 7.77. The van der Waals surface area contributed by atoms with E-state index in [4.69, 9.17) is 9.47 Å². The highest BCUT2D eigenvalue weighted by Gasteiger charge is 2.31. The van der Waals surface area contributed by atoms with Gasteiger partial charge in [0.1, 0.15) is 12.6 Å². The molecule has 160 valence electrons. The second-order valence-electron chi connectivity index (χ2n) is 7.91. The van der Waals surface area contributed by atoms with Gasteiger partial charge in [-0.2, -0.15) is 11.8 Å². The summed E-state index contributed by atoms with van der Waals surface area (Å²) in [5, 5.41) is 2.68. The Morgan fingerprint density at radius 3 is 2.52 bits per heavy atom. The number of carbonyl (C=O) groups excluding carboxylic acids is 2. The number of rotatable bonds is 9. The van der Waals surface area contributed by atoms with Crippen LogP contribution < -0.4 is 5.32 Å². The topological polar surface area (TPSA) is 64.6 Å². The van der Waals surface area contributed by atoms with E-state index in [-0.39, 0.29) is 18.0 Å². The second-order valence-corrected chi connectivity index (χ2v) is 9.52. The molecule has 0 aliphatic heterocycles. The summed E-state index contributed by atoms with van der Waals surface area (Å²) >= 11 is 1.72. The first-order valence-corrected chi connectivity index (χ1v) is 11.3. The number of benzene rings is 1. The number of allylic oxidation sites excluding steroid dienone is 2. The minimum Gasteiger partial charge on any atom is -0.464 e. The van der Waals surface area contributed by atoms with Gasteiger partial charge in [-0.25, -0.2) is 9.59 Å². The number of esters is 1. The molecule has 1 aliphatic carbocycles. The van der Waals surface area contributed by atoms with Crippen molar-refractivity contribution in [1.82, 2.24) is 5.32 Å². The minimum atomic E-state index is -0.726. The molecule has 1 amide bonds. The van der Waals surface area contributed by atoms with Crippen molar-refractivity contribution in [3.63, 3.8) is 0 Å². The summed E-state index contributed by atoms with van der Waals surface area (Å²) < 4.78 is 10.5. The van der Waals surface area contributed by atoms with Crippen LogP contribution in [0.4, 0.5) is 4.79 Å². The fourth-order valence-corrected chi connectivity index (χ4v) is 4.45. The molecule has 0 saturated heterocycles. The van der Waals surface area contributed by atoms with Crippen LogP contribution in [0.15, 0.2) is 42.0 Å². The van der Waals surface area contributed by atoms with E-state index in [1.165, 1.54) is 5.57 Å². The Kier molecular flexibility index (Phi) is 9.08. The molecule has 0 spiro atoms. The Hall–Kier alpha value is -1.95. The molecule has 1 N–H and O–H groups in total. The normalized spacial score (nSPS) is 20.0. The average molecular weight is 420 g/mol. The summed E-state index contributed by atoms with van der Waals surface area (Å²) in [6, 6.07) is 8.72. The van der Waals surface area contributed by atoms with Gasteiger partial charge in [0.2, 0.25) is 0 Å². The predicted molar refractivity (Wildman–Crippen MR) is 118 cm³/mol. The van der Waals surface area contributed by atoms with E-state index in [2.05, 4.69) is 32.2 Å². The highest BCUT2D eigenvalue weighted by atomic mass is 32.2. The van der Waals surface area contributed by atoms with Gasteiger partial charge < -0.3 is 14.8 Å². The molecule has 0 aromatic heterocycles. The number of alkyl carbamates (subject to hydrolysis) is 1. The first kappa shape index (κ1) is 23.3. The third-order valence-electron chi connectivity index (χ3n) is 5.15. The van der Waals surface area contributed by atoms with Crippen LogP contribution in [0.1, 0.15) is 52.5 Å². The molecule has 0 bridgehead atoms. The first-order chi connectivity index (χ1) is 13.8. The summed E-state index contributed by atoms with van der Waals surface area (Å²) in [6.07, 6.45) is 4.85. The van der Waals surface area contributed by atoms with Crippen LogP contribution in [-0.2, 0) is 20.9 Å². The molecule has 0 fully saturated rings. The lowest BCUT2D eigenvalue weighted by Crippen LogP contribution is -2.44. The maximum Gasteiger partial charge on any atom is 0.408 e. The molecule has 0 heterocycles. The molecule has 0 saturated carbocycles. The van der Waals surface area contributed by atoms with Gasteiger partial charge in [0.15, 0.2) is 0 Å². The number of ether oxygens (including phenoxy) is 2. The van der Waals surface area contributed by atoms with E-state index < -0.39 is 18.1 Å². The zero-order valence-electron chi connectivity index (χ0n) is 17.9. The van der Waals surface area contributed by atoms with Crippen molar-refractivity contribution in [3.05, 3.63) is 47.5 Å². The molecule has 2 rings (SSSR count). The molecule has 1 aromatic carbocycles. The number of hydrogen-bond acceptors (Lipinski definition) is 5. The van der Waals surface area contributed by atoms with Crippen LogP contribution in [0, 0.1) is 5.92 Å². The Morgan fingerprint density at radius 1 is 1.21 bits per heavy atom. The zero-order chi connectivity index (χ0) is 21.3. The molecule has 0 radical (unpaired) electrons. The lowest BCUT2D eigenvalue weighted by molar-refractivity contribution is -0.144. The largest absolute Gasteiger partial charge is 0.464 e. The van der Waals surface area contributed by atoms with Crippen molar-refractivity contribution in [3.8, 4) is 0 Å². The van der Waals surface area contributed by atoms with E-state index >= 15 is 0 Å². The van der Waals surface area contributed by atoms with Crippen LogP contribution in [0.5, 0.6) is 0 Å². The van der Waals surface area contributed by atoms with Crippen LogP contribution in [0.3, 0.4) is 0 Å². The summed E-state index contributed by atoms with van der Waals surface area (Å²) in [6.45, 7) is 8.87. The van der Waals surface area contributed by atoms with E-state index in [1.807, 2.05) is 30.3 Å². The summed E-state index contributed by atoms with van der Waals surface area (Å²) in [5.74, 6) is 0.619. The van der Waals surface area contributed by atoms with Crippen LogP contribution in [0.25, 0.3) is 0 Å². The van der Waals surface area contributed by atoms with Crippen molar-refractivity contribution in [2.45, 2.75) is 64.4 Å². The van der Waals surface area contributed by atoms with Gasteiger partial charge in [0.05, 0.1) is 6.61 Å². The Balaban J connectivity index is 1.90. The number of nitrogens with one attached hydrogen (secondary N) is 1. The second kappa shape index (κ2) is 11.3. The van der Waals surface area contributed by atoms with E-state index in [0.29, 0.717) is 11.7 Å². The van der Waals surface area contributed by atoms with E-state index in [0.717, 1.165) is 24.8 Å². The molecule has 1 aliphatic rings. The van der Waals surface area contributed by atoms with Crippen molar-refractivity contribution < 1.29 is 19.1 Å². The number of amides is 1. The van der Waals surface area contributed by atoms with Crippen molar-refractivity contribution in [1.29, 1.82) is 0 Å². The van der Waals surface area contributed by atoms with E-state index in [9.17, 15) is 9.59 Å². The molecule has 2 atom stereocenters. The fraction of sp³-hybridized carbons (Fsp3) is 0.565. The fourth-order valence-electron chi connectivity index (χ4n) is 3.22. The molecular weight excluding hydrogens is 386 g/mol. The number of carbonyl (C=O) groups is 2. The van der Waals surface area contributed by atoms with Crippen molar-refractivity contribution in [2.75, 3.05) is 12.4 Å². The Labute approximate surface area is 178 Å². The quantitative estimate of drug-likeness (QED) is 0.445. The van der Waals surface area contributed by atoms with Gasteiger partial charge in [-0.05, 0) is 37.7 Å². The number of thioether (sulfide) groups is 1. The predicted octanol–water partition coefficient (Wildman–Crippen LogP) is 5.10. The van der Waals surface area contributed by atoms with Gasteiger partial charge >= 0.3 is 12.1 Å². The highest BCUT2D eigenvalue weighted by Crippen LogP contribution is 2.40. The van der Waals surface area contributed by atoms with Gasteiger partial charge in [0.25, 0.3) is 0 Å². The lowest BCUT2D eigenvalue weighted by atomic mass is 9.85. The molecule has 1 aromatic rings. The van der Waals surface area contributed by atoms with Gasteiger partial charge in [-0.3, -0.25) is 0 Å². The molecule has 5 nitrogen and oxygen atoms in total. The maximum atomic E-state index is 12.4. The molecule has 6 heteroatoms. The SMILES string of the molecule is CCOC(=O)[C@H](CSC1(C)CC=C(C(C)C)CC1)NC(=O)OCc1ccccc1. The minimum absolute atomic E-state index is 0.0543. The highest BCUT2D eigenvalue weighted by molar-refractivity contribution is 8.00. The monoisotopic (exact) mass is 419 g/mol. The van der Waals surface area contributed by atoms with Crippen LogP contribution in [0.2, 0.25) is 0 Å². The smallest absolute Gasteiger partial charge is 0.408 e. The Morgan fingerprint density at radius 2 is 1.93 bits per heavy atom. The van der Waals surface area contributed by atoms with Crippen molar-refractivity contribution in [2.24, 2.45) is 5.92 Å². The molecule has 29 heavy (non-hydrogen) atoms. The summed E-state index contributed by atoms with van der Waals surface area (Å²) in [7, 11) is 0. The standard InChI is InChI=1S/C23H33NO4S/c1-5-27-21(25)20(24-22(26)28-15-18-9-7-6-8-10-18)16-29-23(4)13-11-19(12-14-23)17(2)3/h6-11,17,20H,5,12-16H2,1-4H3,(H,24,26)/t20-,23?/m0/s1.